The third-order valence-electron chi connectivity index (χ3n) is 2.56. The highest BCUT2D eigenvalue weighted by Gasteiger charge is 2.06. The van der Waals surface area contributed by atoms with Gasteiger partial charge in [-0.05, 0) is 18.2 Å². The van der Waals surface area contributed by atoms with E-state index in [2.05, 4.69) is 25.7 Å². The number of benzene rings is 1. The fraction of sp³-hybridized carbons (Fsp3) is 0.0909. The minimum atomic E-state index is -0.224. The van der Waals surface area contributed by atoms with Crippen LogP contribution in [-0.2, 0) is 11.3 Å². The molecule has 0 unspecified atom stereocenters. The van der Waals surface area contributed by atoms with Gasteiger partial charge in [-0.25, -0.2) is 0 Å². The zero-order valence-electron chi connectivity index (χ0n) is 9.87. The van der Waals surface area contributed by atoms with Crippen molar-refractivity contribution in [2.24, 2.45) is 0 Å². The molecule has 3 aromatic rings. The number of nitrogens with one attached hydrogen (secondary N) is 2. The van der Waals surface area contributed by atoms with Crippen molar-refractivity contribution in [2.45, 2.75) is 6.54 Å². The molecule has 2 heterocycles. The first-order valence-corrected chi connectivity index (χ1v) is 5.59. The van der Waals surface area contributed by atoms with Crippen molar-refractivity contribution in [2.75, 3.05) is 11.1 Å². The van der Waals surface area contributed by atoms with E-state index in [1.54, 1.807) is 12.3 Å². The molecule has 3 rings (SSSR count). The quantitative estimate of drug-likeness (QED) is 0.627. The van der Waals surface area contributed by atoms with Crippen molar-refractivity contribution in [3.05, 3.63) is 30.6 Å². The summed E-state index contributed by atoms with van der Waals surface area (Å²) < 4.78 is 0. The van der Waals surface area contributed by atoms with Crippen LogP contribution in [0.25, 0.3) is 10.9 Å². The smallest absolute Gasteiger partial charge is 0.247 e. The second kappa shape index (κ2) is 4.41. The molecule has 0 spiro atoms. The topological polar surface area (TPSA) is 115 Å². The molecule has 8 nitrogen and oxygen atoms in total. The molecule has 19 heavy (non-hydrogen) atoms. The molecule has 0 aliphatic carbocycles. The number of nitrogen functional groups attached to an aromatic ring is 1. The number of aromatic amines is 1. The average Bonchev–Trinajstić information content (AvgIpc) is 2.97. The van der Waals surface area contributed by atoms with E-state index in [0.29, 0.717) is 5.69 Å². The highest BCUT2D eigenvalue weighted by Crippen LogP contribution is 2.16. The maximum Gasteiger partial charge on any atom is 0.247 e. The van der Waals surface area contributed by atoms with Gasteiger partial charge in [-0.3, -0.25) is 9.89 Å². The minimum Gasteiger partial charge on any atom is -0.381 e. The average molecular weight is 257 g/mol. The van der Waals surface area contributed by atoms with Crippen molar-refractivity contribution >= 4 is 28.3 Å². The second-order valence-electron chi connectivity index (χ2n) is 4.02. The molecule has 8 heteroatoms. The molecule has 0 fully saturated rings. The Morgan fingerprint density at radius 1 is 1.42 bits per heavy atom. The van der Waals surface area contributed by atoms with Crippen LogP contribution in [0, 0.1) is 0 Å². The Hall–Kier alpha value is -2.90. The Morgan fingerprint density at radius 2 is 2.32 bits per heavy atom. The third-order valence-corrected chi connectivity index (χ3v) is 2.56. The van der Waals surface area contributed by atoms with E-state index < -0.39 is 0 Å². The van der Waals surface area contributed by atoms with E-state index >= 15 is 0 Å². The van der Waals surface area contributed by atoms with Crippen molar-refractivity contribution < 1.29 is 4.79 Å². The Labute approximate surface area is 107 Å². The predicted molar refractivity (Wildman–Crippen MR) is 69.2 cm³/mol. The molecular formula is C11H11N7O. The van der Waals surface area contributed by atoms with E-state index in [4.69, 9.17) is 5.73 Å². The number of hydrogen-bond acceptors (Lipinski definition) is 5. The van der Waals surface area contributed by atoms with Crippen LogP contribution in [0.15, 0.2) is 30.6 Å². The molecule has 0 aliphatic rings. The summed E-state index contributed by atoms with van der Waals surface area (Å²) in [5, 5.41) is 18.1. The van der Waals surface area contributed by atoms with Crippen molar-refractivity contribution in [3.63, 3.8) is 0 Å². The number of anilines is 2. The van der Waals surface area contributed by atoms with E-state index in [-0.39, 0.29) is 18.3 Å². The van der Waals surface area contributed by atoms with Gasteiger partial charge in [0.05, 0.1) is 17.9 Å². The van der Waals surface area contributed by atoms with Crippen molar-refractivity contribution in [1.82, 2.24) is 25.2 Å². The van der Waals surface area contributed by atoms with Crippen LogP contribution in [0.2, 0.25) is 0 Å². The molecule has 0 atom stereocenters. The zero-order valence-corrected chi connectivity index (χ0v) is 9.87. The number of hydrogen-bond donors (Lipinski definition) is 3. The largest absolute Gasteiger partial charge is 0.381 e. The van der Waals surface area contributed by atoms with E-state index in [9.17, 15) is 4.79 Å². The number of nitrogens with zero attached hydrogens (tertiary/aromatic N) is 4. The number of amides is 1. The standard InChI is InChI=1S/C11H11N7O/c12-10-5-14-18(17-10)6-11(19)15-8-1-2-9-7(3-8)4-13-16-9/h1-5H,6H2,(H2,12,17)(H,13,16)(H,15,19). The van der Waals surface area contributed by atoms with E-state index in [1.165, 1.54) is 11.0 Å². The van der Waals surface area contributed by atoms with Gasteiger partial charge in [0.15, 0.2) is 5.82 Å². The highest BCUT2D eigenvalue weighted by molar-refractivity contribution is 5.93. The second-order valence-corrected chi connectivity index (χ2v) is 4.02. The van der Waals surface area contributed by atoms with Crippen LogP contribution < -0.4 is 11.1 Å². The van der Waals surface area contributed by atoms with Crippen LogP contribution in [0.3, 0.4) is 0 Å². The van der Waals surface area contributed by atoms with Crippen molar-refractivity contribution in [1.29, 1.82) is 0 Å². The zero-order chi connectivity index (χ0) is 13.2. The van der Waals surface area contributed by atoms with E-state index in [0.717, 1.165) is 10.9 Å². The monoisotopic (exact) mass is 257 g/mol. The maximum atomic E-state index is 11.8. The van der Waals surface area contributed by atoms with Crippen LogP contribution in [0.1, 0.15) is 0 Å². The van der Waals surface area contributed by atoms with Crippen LogP contribution in [0.4, 0.5) is 11.5 Å². The van der Waals surface area contributed by atoms with Gasteiger partial charge in [-0.2, -0.15) is 15.0 Å². The van der Waals surface area contributed by atoms with Crippen LogP contribution in [-0.4, -0.2) is 31.1 Å². The lowest BCUT2D eigenvalue weighted by Gasteiger charge is -2.04. The lowest BCUT2D eigenvalue weighted by Crippen LogP contribution is -2.20. The van der Waals surface area contributed by atoms with Gasteiger partial charge in [0.2, 0.25) is 5.91 Å². The number of rotatable bonds is 3. The fourth-order valence-corrected chi connectivity index (χ4v) is 1.74. The summed E-state index contributed by atoms with van der Waals surface area (Å²) in [5.74, 6) is 0.0612. The molecule has 0 saturated carbocycles. The van der Waals surface area contributed by atoms with E-state index in [1.807, 2.05) is 12.1 Å². The van der Waals surface area contributed by atoms with Gasteiger partial charge >= 0.3 is 0 Å². The molecule has 0 radical (unpaired) electrons. The number of aromatic nitrogens is 5. The minimum absolute atomic E-state index is 0.0145. The predicted octanol–water partition coefficient (Wildman–Crippen LogP) is 0.375. The van der Waals surface area contributed by atoms with Gasteiger partial charge in [-0.15, -0.1) is 5.10 Å². The maximum absolute atomic E-state index is 11.8. The third kappa shape index (κ3) is 2.37. The Morgan fingerprint density at radius 3 is 3.11 bits per heavy atom. The number of carbonyl (C=O) groups excluding carboxylic acids is 1. The van der Waals surface area contributed by atoms with Gasteiger partial charge in [0.25, 0.3) is 0 Å². The lowest BCUT2D eigenvalue weighted by atomic mass is 10.2. The molecule has 0 saturated heterocycles. The Balaban J connectivity index is 1.71. The summed E-state index contributed by atoms with van der Waals surface area (Å²) in [4.78, 5) is 13.0. The molecule has 1 aromatic carbocycles. The molecule has 96 valence electrons. The highest BCUT2D eigenvalue weighted by atomic mass is 16.2. The first-order valence-electron chi connectivity index (χ1n) is 5.59. The summed E-state index contributed by atoms with van der Waals surface area (Å²) >= 11 is 0. The van der Waals surface area contributed by atoms with Gasteiger partial charge in [0.1, 0.15) is 6.54 Å². The number of nitrogens with two attached hydrogens (primary N) is 1. The van der Waals surface area contributed by atoms with Gasteiger partial charge in [-0.1, -0.05) is 0 Å². The first-order chi connectivity index (χ1) is 9.20. The summed E-state index contributed by atoms with van der Waals surface area (Å²) in [6.45, 7) is 0.0145. The molecule has 4 N–H and O–H groups in total. The summed E-state index contributed by atoms with van der Waals surface area (Å²) in [6, 6.07) is 5.48. The number of H-pyrrole nitrogens is 1. The summed E-state index contributed by atoms with van der Waals surface area (Å²) in [5.41, 5.74) is 7.03. The Bertz CT molecular complexity index is 729. The Kier molecular flexibility index (Phi) is 2.60. The molecule has 1 amide bonds. The van der Waals surface area contributed by atoms with Gasteiger partial charge < -0.3 is 11.1 Å². The first kappa shape index (κ1) is 11.2. The molecule has 0 aliphatic heterocycles. The van der Waals surface area contributed by atoms with Gasteiger partial charge in [0, 0.05) is 11.1 Å². The fourth-order valence-electron chi connectivity index (χ4n) is 1.74. The molecular weight excluding hydrogens is 246 g/mol. The summed E-state index contributed by atoms with van der Waals surface area (Å²) in [6.07, 6.45) is 3.09. The normalized spacial score (nSPS) is 10.7. The SMILES string of the molecule is Nc1cnn(CC(=O)Nc2ccc3[nH]ncc3c2)n1. The number of carbonyl (C=O) groups is 1. The lowest BCUT2D eigenvalue weighted by molar-refractivity contribution is -0.117. The van der Waals surface area contributed by atoms with Crippen molar-refractivity contribution in [3.8, 4) is 0 Å². The molecule has 0 bridgehead atoms. The summed E-state index contributed by atoms with van der Waals surface area (Å²) in [7, 11) is 0. The van der Waals surface area contributed by atoms with Crippen LogP contribution in [0.5, 0.6) is 0 Å². The molecule has 2 aromatic heterocycles. The van der Waals surface area contributed by atoms with Crippen LogP contribution >= 0.6 is 0 Å². The number of fused-ring (bicyclic) bond motifs is 1.